The van der Waals surface area contributed by atoms with Crippen LogP contribution in [0, 0.1) is 0 Å². The molecule has 0 aliphatic carbocycles. The zero-order valence-electron chi connectivity index (χ0n) is 17.1. The summed E-state index contributed by atoms with van der Waals surface area (Å²) in [4.78, 5) is 12.2. The van der Waals surface area contributed by atoms with E-state index in [2.05, 4.69) is 24.3 Å². The SMILES string of the molecule is CC(C)c1ccc(OCC(=O)Nc2cnn(CC3COc4ccccc4O3)c2)cc1. The molecule has 1 unspecified atom stereocenters. The molecule has 1 atom stereocenters. The van der Waals surface area contributed by atoms with Crippen molar-refractivity contribution >= 4 is 11.6 Å². The molecule has 1 aliphatic heterocycles. The number of ether oxygens (including phenoxy) is 3. The summed E-state index contributed by atoms with van der Waals surface area (Å²) in [6.07, 6.45) is 3.21. The number of aromatic nitrogens is 2. The molecule has 7 nitrogen and oxygen atoms in total. The molecule has 1 aliphatic rings. The molecule has 4 rings (SSSR count). The molecule has 0 fully saturated rings. The second kappa shape index (κ2) is 8.90. The monoisotopic (exact) mass is 407 g/mol. The van der Waals surface area contributed by atoms with Crippen LogP contribution in [0.25, 0.3) is 0 Å². The van der Waals surface area contributed by atoms with E-state index >= 15 is 0 Å². The fraction of sp³-hybridized carbons (Fsp3) is 0.304. The van der Waals surface area contributed by atoms with Crippen LogP contribution in [-0.2, 0) is 11.3 Å². The number of nitrogens with zero attached hydrogens (tertiary/aromatic N) is 2. The normalized spacial score (nSPS) is 15.1. The summed E-state index contributed by atoms with van der Waals surface area (Å²) >= 11 is 0. The van der Waals surface area contributed by atoms with Crippen molar-refractivity contribution < 1.29 is 19.0 Å². The molecule has 0 saturated carbocycles. The van der Waals surface area contributed by atoms with Crippen molar-refractivity contribution in [1.29, 1.82) is 0 Å². The zero-order valence-corrected chi connectivity index (χ0v) is 17.1. The van der Waals surface area contributed by atoms with E-state index in [9.17, 15) is 4.79 Å². The van der Waals surface area contributed by atoms with E-state index in [-0.39, 0.29) is 18.6 Å². The van der Waals surface area contributed by atoms with E-state index in [1.807, 2.05) is 48.5 Å². The van der Waals surface area contributed by atoms with Crippen molar-refractivity contribution in [2.75, 3.05) is 18.5 Å². The van der Waals surface area contributed by atoms with Crippen LogP contribution in [0.1, 0.15) is 25.3 Å². The molecule has 1 aromatic heterocycles. The van der Waals surface area contributed by atoms with Crippen molar-refractivity contribution in [3.05, 3.63) is 66.5 Å². The summed E-state index contributed by atoms with van der Waals surface area (Å²) in [5, 5.41) is 7.09. The summed E-state index contributed by atoms with van der Waals surface area (Å²) in [5.41, 5.74) is 1.84. The highest BCUT2D eigenvalue weighted by molar-refractivity contribution is 5.91. The maximum absolute atomic E-state index is 12.2. The van der Waals surface area contributed by atoms with Crippen molar-refractivity contribution in [3.8, 4) is 17.2 Å². The highest BCUT2D eigenvalue weighted by atomic mass is 16.6. The molecule has 7 heteroatoms. The first kappa shape index (κ1) is 19.8. The maximum Gasteiger partial charge on any atom is 0.262 e. The number of nitrogens with one attached hydrogen (secondary N) is 1. The highest BCUT2D eigenvalue weighted by Crippen LogP contribution is 2.31. The molecule has 0 radical (unpaired) electrons. The Morgan fingerprint density at radius 2 is 1.97 bits per heavy atom. The molecular formula is C23H25N3O4. The fourth-order valence-electron chi connectivity index (χ4n) is 3.18. The molecule has 1 amide bonds. The van der Waals surface area contributed by atoms with E-state index in [1.54, 1.807) is 17.1 Å². The third-order valence-corrected chi connectivity index (χ3v) is 4.79. The van der Waals surface area contributed by atoms with Gasteiger partial charge in [-0.05, 0) is 35.7 Å². The van der Waals surface area contributed by atoms with Crippen LogP contribution in [-0.4, -0.2) is 35.0 Å². The number of hydrogen-bond donors (Lipinski definition) is 1. The van der Waals surface area contributed by atoms with Gasteiger partial charge in [-0.3, -0.25) is 9.48 Å². The van der Waals surface area contributed by atoms with Gasteiger partial charge in [-0.2, -0.15) is 5.10 Å². The molecule has 0 bridgehead atoms. The zero-order chi connectivity index (χ0) is 20.9. The minimum absolute atomic E-state index is 0.0669. The van der Waals surface area contributed by atoms with Crippen molar-refractivity contribution in [2.24, 2.45) is 0 Å². The lowest BCUT2D eigenvalue weighted by Crippen LogP contribution is -2.33. The number of para-hydroxylation sites is 2. The summed E-state index contributed by atoms with van der Waals surface area (Å²) in [7, 11) is 0. The Morgan fingerprint density at radius 1 is 1.20 bits per heavy atom. The first-order valence-corrected chi connectivity index (χ1v) is 10.0. The van der Waals surface area contributed by atoms with Gasteiger partial charge >= 0.3 is 0 Å². The van der Waals surface area contributed by atoms with Gasteiger partial charge in [0.2, 0.25) is 0 Å². The number of fused-ring (bicyclic) bond motifs is 1. The lowest BCUT2D eigenvalue weighted by Gasteiger charge is -2.26. The summed E-state index contributed by atoms with van der Waals surface area (Å²) in [6, 6.07) is 15.4. The number of rotatable bonds is 7. The van der Waals surface area contributed by atoms with E-state index < -0.39 is 0 Å². The number of anilines is 1. The molecule has 1 N–H and O–H groups in total. The van der Waals surface area contributed by atoms with Crippen molar-refractivity contribution in [3.63, 3.8) is 0 Å². The van der Waals surface area contributed by atoms with E-state index in [0.29, 0.717) is 30.5 Å². The topological polar surface area (TPSA) is 74.6 Å². The van der Waals surface area contributed by atoms with Gasteiger partial charge in [0.15, 0.2) is 24.2 Å². The Balaban J connectivity index is 1.25. The standard InChI is InChI=1S/C23H25N3O4/c1-16(2)17-7-9-19(10-8-17)28-15-23(27)25-18-11-24-26(12-18)13-20-14-29-21-5-3-4-6-22(21)30-20/h3-12,16,20H,13-15H2,1-2H3,(H,25,27). The lowest BCUT2D eigenvalue weighted by molar-refractivity contribution is -0.118. The van der Waals surface area contributed by atoms with Gasteiger partial charge in [-0.15, -0.1) is 0 Å². The van der Waals surface area contributed by atoms with Gasteiger partial charge in [0.05, 0.1) is 18.4 Å². The molecule has 0 saturated heterocycles. The second-order valence-corrected chi connectivity index (χ2v) is 7.51. The smallest absolute Gasteiger partial charge is 0.262 e. The van der Waals surface area contributed by atoms with Crippen LogP contribution in [0.5, 0.6) is 17.2 Å². The average molecular weight is 407 g/mol. The number of carbonyl (C=O) groups is 1. The van der Waals surface area contributed by atoms with Gasteiger partial charge in [-0.25, -0.2) is 0 Å². The van der Waals surface area contributed by atoms with Gasteiger partial charge in [0, 0.05) is 6.20 Å². The minimum atomic E-state index is -0.242. The Bertz CT molecular complexity index is 998. The van der Waals surface area contributed by atoms with Crippen LogP contribution in [0.2, 0.25) is 0 Å². The first-order valence-electron chi connectivity index (χ1n) is 10.0. The highest BCUT2D eigenvalue weighted by Gasteiger charge is 2.21. The summed E-state index contributed by atoms with van der Waals surface area (Å²) in [6.45, 7) is 5.17. The summed E-state index contributed by atoms with van der Waals surface area (Å²) in [5.74, 6) is 2.36. The van der Waals surface area contributed by atoms with Crippen LogP contribution < -0.4 is 19.5 Å². The first-order chi connectivity index (χ1) is 14.6. The quantitative estimate of drug-likeness (QED) is 0.644. The molecule has 156 valence electrons. The number of amides is 1. The Morgan fingerprint density at radius 3 is 2.73 bits per heavy atom. The largest absolute Gasteiger partial charge is 0.486 e. The predicted octanol–water partition coefficient (Wildman–Crippen LogP) is 3.86. The average Bonchev–Trinajstić information content (AvgIpc) is 3.19. The minimum Gasteiger partial charge on any atom is -0.486 e. The Kier molecular flexibility index (Phi) is 5.88. The predicted molar refractivity (Wildman–Crippen MR) is 113 cm³/mol. The molecule has 3 aromatic rings. The van der Waals surface area contributed by atoms with Crippen LogP contribution in [0.3, 0.4) is 0 Å². The lowest BCUT2D eigenvalue weighted by atomic mass is 10.0. The van der Waals surface area contributed by atoms with E-state index in [0.717, 1.165) is 11.5 Å². The third kappa shape index (κ3) is 4.92. The summed E-state index contributed by atoms with van der Waals surface area (Å²) < 4.78 is 19.0. The molecule has 2 aromatic carbocycles. The number of hydrogen-bond acceptors (Lipinski definition) is 5. The van der Waals surface area contributed by atoms with Crippen LogP contribution in [0.15, 0.2) is 60.9 Å². The molecular weight excluding hydrogens is 382 g/mol. The van der Waals surface area contributed by atoms with Crippen LogP contribution in [0.4, 0.5) is 5.69 Å². The number of carbonyl (C=O) groups excluding carboxylic acids is 1. The van der Waals surface area contributed by atoms with Crippen LogP contribution >= 0.6 is 0 Å². The Hall–Kier alpha value is -3.48. The van der Waals surface area contributed by atoms with Gasteiger partial charge < -0.3 is 19.5 Å². The third-order valence-electron chi connectivity index (χ3n) is 4.79. The van der Waals surface area contributed by atoms with Crippen molar-refractivity contribution in [1.82, 2.24) is 9.78 Å². The van der Waals surface area contributed by atoms with Gasteiger partial charge in [0.1, 0.15) is 12.4 Å². The van der Waals surface area contributed by atoms with E-state index in [1.165, 1.54) is 5.56 Å². The fourth-order valence-corrected chi connectivity index (χ4v) is 3.18. The van der Waals surface area contributed by atoms with Gasteiger partial charge in [0.25, 0.3) is 5.91 Å². The maximum atomic E-state index is 12.2. The van der Waals surface area contributed by atoms with Gasteiger partial charge in [-0.1, -0.05) is 38.1 Å². The second-order valence-electron chi connectivity index (χ2n) is 7.51. The molecule has 0 spiro atoms. The van der Waals surface area contributed by atoms with E-state index in [4.69, 9.17) is 14.2 Å². The number of benzene rings is 2. The molecule has 2 heterocycles. The van der Waals surface area contributed by atoms with Crippen molar-refractivity contribution in [2.45, 2.75) is 32.4 Å². The Labute approximate surface area is 175 Å². The molecule has 30 heavy (non-hydrogen) atoms.